The molecule has 0 radical (unpaired) electrons. The Morgan fingerprint density at radius 3 is 2.04 bits per heavy atom. The van der Waals surface area contributed by atoms with E-state index in [2.05, 4.69) is 86.1 Å². The van der Waals surface area contributed by atoms with Crippen LogP contribution in [0.25, 0.3) is 10.9 Å². The van der Waals surface area contributed by atoms with Gasteiger partial charge in [0.15, 0.2) is 8.24 Å². The maximum Gasteiger partial charge on any atom is 0.169 e. The number of rotatable bonds is 5. The van der Waals surface area contributed by atoms with Crippen molar-refractivity contribution in [2.45, 2.75) is 96.2 Å². The highest BCUT2D eigenvalue weighted by Crippen LogP contribution is 2.47. The van der Waals surface area contributed by atoms with Crippen LogP contribution in [0.3, 0.4) is 0 Å². The Morgan fingerprint density at radius 1 is 0.923 bits per heavy atom. The second-order valence-electron chi connectivity index (χ2n) is 9.30. The van der Waals surface area contributed by atoms with Crippen molar-refractivity contribution < 1.29 is 0 Å². The van der Waals surface area contributed by atoms with E-state index in [0.29, 0.717) is 0 Å². The standard InChI is InChI=1S/C23H36BrNSi/c1-16(2)26(17(3)4,18(5)6)25-15-22(19-10-8-7-9-11-19)21-14-20(24)12-13-23(21)25/h12-19H,7-11H2,1-6H3. The van der Waals surface area contributed by atoms with Crippen molar-refractivity contribution in [1.82, 2.24) is 4.23 Å². The van der Waals surface area contributed by atoms with E-state index in [9.17, 15) is 0 Å². The normalized spacial score (nSPS) is 17.2. The fourth-order valence-corrected chi connectivity index (χ4v) is 13.1. The third-order valence-corrected chi connectivity index (χ3v) is 14.3. The largest absolute Gasteiger partial charge is 0.373 e. The number of hydrogen-bond acceptors (Lipinski definition) is 0. The first-order valence-electron chi connectivity index (χ1n) is 10.6. The molecule has 1 fully saturated rings. The lowest BCUT2D eigenvalue weighted by Crippen LogP contribution is -2.51. The van der Waals surface area contributed by atoms with Crippen LogP contribution in [0.4, 0.5) is 0 Å². The third kappa shape index (κ3) is 3.24. The molecular weight excluding hydrogens is 398 g/mol. The minimum absolute atomic E-state index is 0.723. The molecule has 2 aromatic rings. The molecule has 0 bridgehead atoms. The van der Waals surface area contributed by atoms with Crippen molar-refractivity contribution in [3.05, 3.63) is 34.4 Å². The number of nitrogens with zero attached hydrogens (tertiary/aromatic N) is 1. The minimum Gasteiger partial charge on any atom is -0.373 e. The fourth-order valence-electron chi connectivity index (χ4n) is 6.12. The summed E-state index contributed by atoms with van der Waals surface area (Å²) in [6.45, 7) is 14.8. The van der Waals surface area contributed by atoms with Crippen molar-refractivity contribution in [1.29, 1.82) is 0 Å². The van der Waals surface area contributed by atoms with Crippen molar-refractivity contribution in [3.63, 3.8) is 0 Å². The van der Waals surface area contributed by atoms with Gasteiger partial charge in [0, 0.05) is 15.4 Å². The summed E-state index contributed by atoms with van der Waals surface area (Å²) < 4.78 is 4.03. The summed E-state index contributed by atoms with van der Waals surface area (Å²) in [7, 11) is -1.73. The molecule has 0 aliphatic heterocycles. The average molecular weight is 435 g/mol. The first-order chi connectivity index (χ1) is 12.3. The zero-order valence-corrected chi connectivity index (χ0v) is 20.1. The van der Waals surface area contributed by atoms with Gasteiger partial charge in [-0.1, -0.05) is 76.7 Å². The predicted molar refractivity (Wildman–Crippen MR) is 122 cm³/mol. The Labute approximate surface area is 169 Å². The lowest BCUT2D eigenvalue weighted by Gasteiger charge is -2.44. The summed E-state index contributed by atoms with van der Waals surface area (Å²) in [6, 6.07) is 7.00. The molecule has 1 aliphatic rings. The van der Waals surface area contributed by atoms with Crippen LogP contribution in [0, 0.1) is 0 Å². The summed E-state index contributed by atoms with van der Waals surface area (Å²) in [5, 5.41) is 1.50. The maximum absolute atomic E-state index is 3.74. The Hall–Kier alpha value is -0.543. The van der Waals surface area contributed by atoms with E-state index in [1.807, 2.05) is 0 Å². The lowest BCUT2D eigenvalue weighted by atomic mass is 9.84. The van der Waals surface area contributed by atoms with Crippen molar-refractivity contribution in [2.75, 3.05) is 0 Å². The van der Waals surface area contributed by atoms with Crippen LogP contribution in [0.5, 0.6) is 0 Å². The lowest BCUT2D eigenvalue weighted by molar-refractivity contribution is 0.445. The van der Waals surface area contributed by atoms with E-state index in [1.54, 1.807) is 5.56 Å². The molecular formula is C23H36BrNSi. The van der Waals surface area contributed by atoms with Gasteiger partial charge in [-0.25, -0.2) is 0 Å². The van der Waals surface area contributed by atoms with Crippen LogP contribution in [-0.4, -0.2) is 12.5 Å². The van der Waals surface area contributed by atoms with E-state index >= 15 is 0 Å². The molecule has 0 saturated heterocycles. The molecule has 1 heterocycles. The smallest absolute Gasteiger partial charge is 0.169 e. The molecule has 144 valence electrons. The average Bonchev–Trinajstić information content (AvgIpc) is 2.94. The molecule has 0 spiro atoms. The Balaban J connectivity index is 2.28. The third-order valence-electron chi connectivity index (χ3n) is 7.03. The van der Waals surface area contributed by atoms with Crippen LogP contribution in [0.15, 0.2) is 28.9 Å². The van der Waals surface area contributed by atoms with Crippen LogP contribution in [0.1, 0.15) is 85.1 Å². The van der Waals surface area contributed by atoms with Crippen LogP contribution in [0.2, 0.25) is 16.6 Å². The highest BCUT2D eigenvalue weighted by molar-refractivity contribution is 9.10. The molecule has 1 aliphatic carbocycles. The second kappa shape index (κ2) is 7.83. The van der Waals surface area contributed by atoms with E-state index in [-0.39, 0.29) is 0 Å². The Morgan fingerprint density at radius 2 is 1.50 bits per heavy atom. The van der Waals surface area contributed by atoms with Crippen LogP contribution >= 0.6 is 15.9 Å². The van der Waals surface area contributed by atoms with Gasteiger partial charge >= 0.3 is 0 Å². The van der Waals surface area contributed by atoms with E-state index in [1.165, 1.54) is 47.5 Å². The molecule has 0 atom stereocenters. The van der Waals surface area contributed by atoms with E-state index in [0.717, 1.165) is 22.5 Å². The van der Waals surface area contributed by atoms with Gasteiger partial charge in [-0.3, -0.25) is 0 Å². The monoisotopic (exact) mass is 433 g/mol. The van der Waals surface area contributed by atoms with Gasteiger partial charge in [0.05, 0.1) is 0 Å². The molecule has 3 heteroatoms. The Kier molecular flexibility index (Phi) is 6.08. The van der Waals surface area contributed by atoms with Crippen molar-refractivity contribution >= 4 is 35.1 Å². The summed E-state index contributed by atoms with van der Waals surface area (Å²) >= 11 is 3.74. The number of fused-ring (bicyclic) bond motifs is 1. The van der Waals surface area contributed by atoms with Gasteiger partial charge in [-0.15, -0.1) is 0 Å². The van der Waals surface area contributed by atoms with Gasteiger partial charge in [0.25, 0.3) is 0 Å². The molecule has 3 rings (SSSR count). The minimum atomic E-state index is -1.73. The van der Waals surface area contributed by atoms with Gasteiger partial charge in [0.2, 0.25) is 0 Å². The summed E-state index contributed by atoms with van der Waals surface area (Å²) in [5.74, 6) is 0.750. The summed E-state index contributed by atoms with van der Waals surface area (Å²) in [4.78, 5) is 0. The second-order valence-corrected chi connectivity index (χ2v) is 15.9. The van der Waals surface area contributed by atoms with Gasteiger partial charge in [-0.2, -0.15) is 0 Å². The topological polar surface area (TPSA) is 4.93 Å². The van der Waals surface area contributed by atoms with Gasteiger partial charge in [-0.05, 0) is 65.3 Å². The molecule has 1 saturated carbocycles. The molecule has 26 heavy (non-hydrogen) atoms. The SMILES string of the molecule is CC(C)[Si](C(C)C)(C(C)C)n1cc(C2CCCCC2)c2cc(Br)ccc21. The summed E-state index contributed by atoms with van der Waals surface area (Å²) in [6.07, 6.45) is 9.55. The molecule has 0 unspecified atom stereocenters. The number of benzene rings is 1. The zero-order valence-electron chi connectivity index (χ0n) is 17.5. The molecule has 1 aromatic carbocycles. The number of halogens is 1. The quantitative estimate of drug-likeness (QED) is 0.416. The van der Waals surface area contributed by atoms with Crippen LogP contribution < -0.4 is 0 Å². The fraction of sp³-hybridized carbons (Fsp3) is 0.652. The number of hydrogen-bond donors (Lipinski definition) is 0. The van der Waals surface area contributed by atoms with E-state index < -0.39 is 8.24 Å². The van der Waals surface area contributed by atoms with Gasteiger partial charge in [0.1, 0.15) is 0 Å². The highest BCUT2D eigenvalue weighted by atomic mass is 79.9. The molecule has 1 aromatic heterocycles. The van der Waals surface area contributed by atoms with Gasteiger partial charge < -0.3 is 4.23 Å². The number of aromatic nitrogens is 1. The first kappa shape index (κ1) is 20.2. The van der Waals surface area contributed by atoms with Crippen molar-refractivity contribution in [3.8, 4) is 0 Å². The zero-order chi connectivity index (χ0) is 19.1. The highest BCUT2D eigenvalue weighted by Gasteiger charge is 2.46. The van der Waals surface area contributed by atoms with Crippen molar-refractivity contribution in [2.24, 2.45) is 0 Å². The van der Waals surface area contributed by atoms with Crippen LogP contribution in [-0.2, 0) is 0 Å². The molecule has 0 N–H and O–H groups in total. The Bertz CT molecular complexity index is 731. The molecule has 1 nitrogen and oxygen atoms in total. The van der Waals surface area contributed by atoms with E-state index in [4.69, 9.17) is 0 Å². The predicted octanol–water partition coefficient (Wildman–Crippen LogP) is 8.48. The maximum atomic E-state index is 3.74. The molecule has 0 amide bonds. The summed E-state index contributed by atoms with van der Waals surface area (Å²) in [5.41, 5.74) is 5.28. The first-order valence-corrected chi connectivity index (χ1v) is 13.6.